The van der Waals surface area contributed by atoms with Gasteiger partial charge in [-0.1, -0.05) is 18.6 Å². The van der Waals surface area contributed by atoms with E-state index in [-0.39, 0.29) is 11.2 Å². The van der Waals surface area contributed by atoms with Crippen molar-refractivity contribution >= 4 is 0 Å². The molecule has 2 heterocycles. The topological polar surface area (TPSA) is 57.2 Å². The minimum Gasteiger partial charge on any atom is -0.384 e. The lowest BCUT2D eigenvalue weighted by atomic mass is 9.59. The predicted molar refractivity (Wildman–Crippen MR) is 107 cm³/mol. The zero-order chi connectivity index (χ0) is 19.9. The number of rotatable bonds is 1. The Bertz CT molecular complexity index is 772. The highest BCUT2D eigenvalue weighted by Gasteiger charge is 2.64. The van der Waals surface area contributed by atoms with Crippen molar-refractivity contribution in [1.29, 1.82) is 0 Å². The van der Waals surface area contributed by atoms with Crippen molar-refractivity contribution in [2.75, 3.05) is 26.4 Å². The van der Waals surface area contributed by atoms with E-state index < -0.39 is 11.4 Å². The molecule has 0 amide bonds. The van der Waals surface area contributed by atoms with Crippen LogP contribution in [0, 0.1) is 17.3 Å². The highest BCUT2D eigenvalue weighted by molar-refractivity contribution is 5.45. The van der Waals surface area contributed by atoms with Crippen LogP contribution in [0.1, 0.15) is 65.2 Å². The lowest BCUT2D eigenvalue weighted by Crippen LogP contribution is -2.52. The molecule has 0 aromatic rings. The first kappa shape index (κ1) is 19.0. The van der Waals surface area contributed by atoms with Gasteiger partial charge in [0.2, 0.25) is 0 Å². The highest BCUT2D eigenvalue weighted by atomic mass is 16.7. The van der Waals surface area contributed by atoms with Crippen LogP contribution in [-0.2, 0) is 18.9 Å². The van der Waals surface area contributed by atoms with Gasteiger partial charge in [0, 0.05) is 12.8 Å². The van der Waals surface area contributed by atoms with E-state index in [2.05, 4.69) is 13.0 Å². The lowest BCUT2D eigenvalue weighted by Gasteiger charge is -2.47. The van der Waals surface area contributed by atoms with Crippen LogP contribution in [0.5, 0.6) is 0 Å². The molecule has 1 spiro atoms. The average molecular weight is 403 g/mol. The van der Waals surface area contributed by atoms with Gasteiger partial charge in [0.25, 0.3) is 0 Å². The van der Waals surface area contributed by atoms with Crippen molar-refractivity contribution in [2.24, 2.45) is 17.3 Å². The summed E-state index contributed by atoms with van der Waals surface area (Å²) in [5.74, 6) is -0.164. The molecule has 3 fully saturated rings. The summed E-state index contributed by atoms with van der Waals surface area (Å²) in [6.45, 7) is 6.94. The molecule has 160 valence electrons. The van der Waals surface area contributed by atoms with Crippen molar-refractivity contribution in [2.45, 2.75) is 82.4 Å². The van der Waals surface area contributed by atoms with Crippen molar-refractivity contribution in [3.05, 3.63) is 22.8 Å². The van der Waals surface area contributed by atoms with Crippen LogP contribution in [0.4, 0.5) is 0 Å². The van der Waals surface area contributed by atoms with Crippen molar-refractivity contribution in [3.8, 4) is 0 Å². The zero-order valence-corrected chi connectivity index (χ0v) is 17.8. The van der Waals surface area contributed by atoms with Crippen LogP contribution < -0.4 is 0 Å². The van der Waals surface area contributed by atoms with Crippen LogP contribution in [-0.4, -0.2) is 48.7 Å². The Morgan fingerprint density at radius 2 is 1.72 bits per heavy atom. The monoisotopic (exact) mass is 402 g/mol. The van der Waals surface area contributed by atoms with Gasteiger partial charge in [-0.15, -0.1) is 0 Å². The molecule has 0 aromatic heterocycles. The van der Waals surface area contributed by atoms with Gasteiger partial charge in [-0.05, 0) is 73.8 Å². The molecule has 4 atom stereocenters. The second kappa shape index (κ2) is 6.17. The quantitative estimate of drug-likeness (QED) is 0.722. The molecule has 1 N–H and O–H groups in total. The van der Waals surface area contributed by atoms with Crippen LogP contribution in [0.15, 0.2) is 22.8 Å². The smallest absolute Gasteiger partial charge is 0.194 e. The molecule has 0 aromatic carbocycles. The maximum Gasteiger partial charge on any atom is 0.194 e. The van der Waals surface area contributed by atoms with E-state index in [1.54, 1.807) is 16.7 Å². The van der Waals surface area contributed by atoms with Gasteiger partial charge >= 0.3 is 0 Å². The second-order valence-electron chi connectivity index (χ2n) is 10.7. The SMILES string of the molecule is CC1(C2(O)C[C@H]3[C@@H]4CCC5=C(CCC6(C5)OCCO6)C4=CC[C@]3(C)C2)OCCO1. The van der Waals surface area contributed by atoms with Gasteiger partial charge in [0.15, 0.2) is 11.6 Å². The van der Waals surface area contributed by atoms with Gasteiger partial charge in [0.1, 0.15) is 5.60 Å². The first-order valence-corrected chi connectivity index (χ1v) is 11.6. The third-order valence-electron chi connectivity index (χ3n) is 9.09. The summed E-state index contributed by atoms with van der Waals surface area (Å²) in [4.78, 5) is 0. The number of hydrogen-bond acceptors (Lipinski definition) is 5. The van der Waals surface area contributed by atoms with Gasteiger partial charge in [-0.2, -0.15) is 0 Å². The van der Waals surface area contributed by atoms with E-state index in [0.29, 0.717) is 25.0 Å². The molecular weight excluding hydrogens is 368 g/mol. The summed E-state index contributed by atoms with van der Waals surface area (Å²) in [5, 5.41) is 11.7. The molecule has 2 saturated heterocycles. The second-order valence-corrected chi connectivity index (χ2v) is 10.7. The fourth-order valence-electron chi connectivity index (χ4n) is 7.55. The van der Waals surface area contributed by atoms with Gasteiger partial charge < -0.3 is 24.1 Å². The molecule has 1 saturated carbocycles. The Morgan fingerprint density at radius 3 is 2.48 bits per heavy atom. The lowest BCUT2D eigenvalue weighted by molar-refractivity contribution is -0.258. The molecule has 5 nitrogen and oxygen atoms in total. The molecule has 6 rings (SSSR count). The largest absolute Gasteiger partial charge is 0.384 e. The molecule has 6 aliphatic rings. The summed E-state index contributed by atoms with van der Waals surface area (Å²) >= 11 is 0. The summed E-state index contributed by atoms with van der Waals surface area (Å²) in [6.07, 6.45) is 10.4. The minimum atomic E-state index is -0.900. The van der Waals surface area contributed by atoms with Crippen LogP contribution in [0.25, 0.3) is 0 Å². The van der Waals surface area contributed by atoms with Crippen molar-refractivity contribution < 1.29 is 24.1 Å². The predicted octanol–water partition coefficient (Wildman–Crippen LogP) is 3.86. The Morgan fingerprint density at radius 1 is 1.00 bits per heavy atom. The normalized spacial score (nSPS) is 45.1. The number of hydrogen-bond donors (Lipinski definition) is 1. The number of aliphatic hydroxyl groups is 1. The summed E-state index contributed by atoms with van der Waals surface area (Å²) in [7, 11) is 0. The van der Waals surface area contributed by atoms with Crippen molar-refractivity contribution in [1.82, 2.24) is 0 Å². The molecule has 0 bridgehead atoms. The van der Waals surface area contributed by atoms with E-state index in [1.165, 1.54) is 6.42 Å². The molecule has 2 aliphatic heterocycles. The van der Waals surface area contributed by atoms with Crippen LogP contribution in [0.2, 0.25) is 0 Å². The first-order chi connectivity index (χ1) is 13.9. The molecule has 29 heavy (non-hydrogen) atoms. The third-order valence-corrected chi connectivity index (χ3v) is 9.09. The first-order valence-electron chi connectivity index (χ1n) is 11.6. The Kier molecular flexibility index (Phi) is 4.04. The van der Waals surface area contributed by atoms with Gasteiger partial charge in [-0.25, -0.2) is 0 Å². The summed E-state index contributed by atoms with van der Waals surface area (Å²) in [6, 6.07) is 0. The molecule has 0 radical (unpaired) electrons. The highest BCUT2D eigenvalue weighted by Crippen LogP contribution is 2.64. The van der Waals surface area contributed by atoms with Gasteiger partial charge in [-0.3, -0.25) is 0 Å². The van der Waals surface area contributed by atoms with Crippen LogP contribution >= 0.6 is 0 Å². The van der Waals surface area contributed by atoms with E-state index in [4.69, 9.17) is 18.9 Å². The summed E-state index contributed by atoms with van der Waals surface area (Å²) < 4.78 is 23.9. The molecule has 4 aliphatic carbocycles. The fraction of sp³-hybridized carbons (Fsp3) is 0.833. The van der Waals surface area contributed by atoms with Gasteiger partial charge in [0.05, 0.1) is 26.4 Å². The molecule has 5 heteroatoms. The van der Waals surface area contributed by atoms with E-state index >= 15 is 0 Å². The van der Waals surface area contributed by atoms with E-state index in [9.17, 15) is 5.11 Å². The Balaban J connectivity index is 1.29. The number of ether oxygens (including phenoxy) is 4. The number of allylic oxidation sites excluding steroid dienone is 3. The fourth-order valence-corrected chi connectivity index (χ4v) is 7.55. The Labute approximate surface area is 173 Å². The van der Waals surface area contributed by atoms with E-state index in [0.717, 1.165) is 58.2 Å². The Hall–Kier alpha value is -0.720. The third kappa shape index (κ3) is 2.64. The summed E-state index contributed by atoms with van der Waals surface area (Å²) in [5.41, 5.74) is 3.94. The van der Waals surface area contributed by atoms with Crippen molar-refractivity contribution in [3.63, 3.8) is 0 Å². The standard InChI is InChI=1S/C24H34O5/c1-21-7-5-18-17-6-8-24(28-11-12-29-24)13-16(17)3-4-19(18)20(21)14-23(25,15-21)22(2)26-9-10-27-22/h5,19-20,25H,3-4,6-15H2,1-2H3/t19-,20+,21-,23?/m1/s1. The minimum absolute atomic E-state index is 0.118. The molecule has 1 unspecified atom stereocenters. The van der Waals surface area contributed by atoms with E-state index in [1.807, 2.05) is 6.92 Å². The van der Waals surface area contributed by atoms with Crippen LogP contribution in [0.3, 0.4) is 0 Å². The maximum absolute atomic E-state index is 11.7. The maximum atomic E-state index is 11.7. The zero-order valence-electron chi connectivity index (χ0n) is 17.8. The number of fused-ring (bicyclic) bond motifs is 4. The molecular formula is C24H34O5. The average Bonchev–Trinajstić information content (AvgIpc) is 3.40.